The highest BCUT2D eigenvalue weighted by molar-refractivity contribution is 4.92. The molecule has 2 unspecified atom stereocenters. The largest absolute Gasteiger partial charge is 0.306 e. The summed E-state index contributed by atoms with van der Waals surface area (Å²) < 4.78 is 0. The first-order chi connectivity index (χ1) is 5.70. The Kier molecular flexibility index (Phi) is 2.16. The molecule has 0 radical (unpaired) electrons. The van der Waals surface area contributed by atoms with E-state index in [4.69, 9.17) is 0 Å². The first-order valence-corrected chi connectivity index (χ1v) is 5.39. The predicted octanol–water partition coefficient (Wildman–Crippen LogP) is 2.52. The molecule has 1 heterocycles. The molecular formula is C11H21N. The van der Waals surface area contributed by atoms with E-state index < -0.39 is 0 Å². The Labute approximate surface area is 76.1 Å². The van der Waals surface area contributed by atoms with Crippen LogP contribution in [0.1, 0.15) is 39.0 Å². The van der Waals surface area contributed by atoms with Gasteiger partial charge in [-0.2, -0.15) is 0 Å². The first kappa shape index (κ1) is 8.55. The van der Waals surface area contributed by atoms with Gasteiger partial charge in [0.05, 0.1) is 0 Å². The van der Waals surface area contributed by atoms with E-state index in [0.29, 0.717) is 0 Å². The lowest BCUT2D eigenvalue weighted by Gasteiger charge is -2.36. The van der Waals surface area contributed by atoms with E-state index in [0.717, 1.165) is 11.3 Å². The molecule has 12 heavy (non-hydrogen) atoms. The van der Waals surface area contributed by atoms with E-state index in [-0.39, 0.29) is 0 Å². The minimum Gasteiger partial charge on any atom is -0.306 e. The molecule has 1 heteroatoms. The molecular weight excluding hydrogens is 146 g/mol. The van der Waals surface area contributed by atoms with E-state index in [1.165, 1.54) is 45.2 Å². The molecule has 1 aliphatic heterocycles. The summed E-state index contributed by atoms with van der Waals surface area (Å²) in [6, 6.07) is 0. The number of hydrogen-bond donors (Lipinski definition) is 0. The van der Waals surface area contributed by atoms with Crippen LogP contribution < -0.4 is 0 Å². The zero-order chi connectivity index (χ0) is 8.60. The highest BCUT2D eigenvalue weighted by atomic mass is 15.1. The standard InChI is InChI=1S/C11H21N/c1-10-4-3-5-11(8-10)6-7-12(2)9-11/h10H,3-9H2,1-2H3. The quantitative estimate of drug-likeness (QED) is 0.536. The van der Waals surface area contributed by atoms with Crippen molar-refractivity contribution < 1.29 is 0 Å². The first-order valence-electron chi connectivity index (χ1n) is 5.39. The van der Waals surface area contributed by atoms with Crippen molar-refractivity contribution in [3.63, 3.8) is 0 Å². The van der Waals surface area contributed by atoms with Gasteiger partial charge in [0.2, 0.25) is 0 Å². The van der Waals surface area contributed by atoms with Crippen LogP contribution in [-0.2, 0) is 0 Å². The number of nitrogens with zero attached hydrogens (tertiary/aromatic N) is 1. The SMILES string of the molecule is CC1CCCC2(CCN(C)C2)C1. The molecule has 1 nitrogen and oxygen atoms in total. The molecule has 0 aromatic heterocycles. The molecule has 1 saturated carbocycles. The summed E-state index contributed by atoms with van der Waals surface area (Å²) in [6.07, 6.45) is 7.42. The Morgan fingerprint density at radius 3 is 2.75 bits per heavy atom. The summed E-state index contributed by atoms with van der Waals surface area (Å²) in [4.78, 5) is 2.51. The third-order valence-electron chi connectivity index (χ3n) is 3.81. The van der Waals surface area contributed by atoms with Crippen molar-refractivity contribution in [3.8, 4) is 0 Å². The van der Waals surface area contributed by atoms with Crippen molar-refractivity contribution in [1.82, 2.24) is 4.90 Å². The molecule has 2 aliphatic rings. The lowest BCUT2D eigenvalue weighted by atomic mass is 9.70. The fourth-order valence-electron chi connectivity index (χ4n) is 3.30. The van der Waals surface area contributed by atoms with Gasteiger partial charge in [0.25, 0.3) is 0 Å². The molecule has 0 aromatic carbocycles. The third kappa shape index (κ3) is 1.52. The van der Waals surface area contributed by atoms with Gasteiger partial charge in [-0.05, 0) is 44.2 Å². The predicted molar refractivity (Wildman–Crippen MR) is 52.2 cm³/mol. The maximum Gasteiger partial charge on any atom is 0.00355 e. The molecule has 1 aliphatic carbocycles. The number of likely N-dealkylation sites (tertiary alicyclic amines) is 1. The van der Waals surface area contributed by atoms with Crippen LogP contribution in [0.15, 0.2) is 0 Å². The Balaban J connectivity index is 2.00. The zero-order valence-corrected chi connectivity index (χ0v) is 8.47. The van der Waals surface area contributed by atoms with Crippen LogP contribution in [0.3, 0.4) is 0 Å². The minimum absolute atomic E-state index is 0.742. The lowest BCUT2D eigenvalue weighted by molar-refractivity contribution is 0.154. The van der Waals surface area contributed by atoms with Crippen molar-refractivity contribution >= 4 is 0 Å². The van der Waals surface area contributed by atoms with Gasteiger partial charge in [0.15, 0.2) is 0 Å². The normalized spacial score (nSPS) is 44.0. The molecule has 0 aromatic rings. The van der Waals surface area contributed by atoms with Crippen molar-refractivity contribution in [2.45, 2.75) is 39.0 Å². The fraction of sp³-hybridized carbons (Fsp3) is 1.00. The average molecular weight is 167 g/mol. The average Bonchev–Trinajstić information content (AvgIpc) is 2.32. The zero-order valence-electron chi connectivity index (χ0n) is 8.47. The van der Waals surface area contributed by atoms with E-state index in [1.54, 1.807) is 0 Å². The van der Waals surface area contributed by atoms with Gasteiger partial charge in [-0.25, -0.2) is 0 Å². The van der Waals surface area contributed by atoms with E-state index >= 15 is 0 Å². The van der Waals surface area contributed by atoms with Crippen molar-refractivity contribution in [2.24, 2.45) is 11.3 Å². The van der Waals surface area contributed by atoms with Gasteiger partial charge in [-0.15, -0.1) is 0 Å². The molecule has 0 bridgehead atoms. The van der Waals surface area contributed by atoms with Crippen LogP contribution in [0.5, 0.6) is 0 Å². The molecule has 2 rings (SSSR count). The number of hydrogen-bond acceptors (Lipinski definition) is 1. The van der Waals surface area contributed by atoms with Gasteiger partial charge in [-0.3, -0.25) is 0 Å². The van der Waals surface area contributed by atoms with E-state index in [1.807, 2.05) is 0 Å². The van der Waals surface area contributed by atoms with Crippen LogP contribution in [0, 0.1) is 11.3 Å². The van der Waals surface area contributed by atoms with Crippen LogP contribution in [-0.4, -0.2) is 25.0 Å². The smallest absolute Gasteiger partial charge is 0.00355 e. The second kappa shape index (κ2) is 3.02. The topological polar surface area (TPSA) is 3.24 Å². The summed E-state index contributed by atoms with van der Waals surface area (Å²) in [5.74, 6) is 0.991. The van der Waals surface area contributed by atoms with Crippen LogP contribution >= 0.6 is 0 Å². The van der Waals surface area contributed by atoms with E-state index in [2.05, 4.69) is 18.9 Å². The van der Waals surface area contributed by atoms with E-state index in [9.17, 15) is 0 Å². The van der Waals surface area contributed by atoms with Crippen LogP contribution in [0.4, 0.5) is 0 Å². The van der Waals surface area contributed by atoms with Crippen LogP contribution in [0.25, 0.3) is 0 Å². The molecule has 1 spiro atoms. The van der Waals surface area contributed by atoms with Gasteiger partial charge >= 0.3 is 0 Å². The van der Waals surface area contributed by atoms with Crippen molar-refractivity contribution in [3.05, 3.63) is 0 Å². The van der Waals surface area contributed by atoms with Gasteiger partial charge in [0, 0.05) is 6.54 Å². The summed E-state index contributed by atoms with van der Waals surface area (Å²) in [5, 5.41) is 0. The highest BCUT2D eigenvalue weighted by Crippen LogP contribution is 2.45. The number of rotatable bonds is 0. The fourth-order valence-corrected chi connectivity index (χ4v) is 3.30. The summed E-state index contributed by atoms with van der Waals surface area (Å²) in [7, 11) is 2.27. The Morgan fingerprint density at radius 2 is 2.17 bits per heavy atom. The second-order valence-electron chi connectivity index (χ2n) is 5.19. The lowest BCUT2D eigenvalue weighted by Crippen LogP contribution is -2.30. The van der Waals surface area contributed by atoms with Crippen molar-refractivity contribution in [1.29, 1.82) is 0 Å². The minimum atomic E-state index is 0.742. The summed E-state index contributed by atoms with van der Waals surface area (Å²) in [5.41, 5.74) is 0.742. The molecule has 1 saturated heterocycles. The molecule has 2 fully saturated rings. The maximum atomic E-state index is 2.51. The molecule has 2 atom stereocenters. The van der Waals surface area contributed by atoms with Crippen molar-refractivity contribution in [2.75, 3.05) is 20.1 Å². The van der Waals surface area contributed by atoms with Gasteiger partial charge < -0.3 is 4.90 Å². The Bertz CT molecular complexity index is 162. The van der Waals surface area contributed by atoms with Gasteiger partial charge in [0.1, 0.15) is 0 Å². The van der Waals surface area contributed by atoms with Crippen LogP contribution in [0.2, 0.25) is 0 Å². The molecule has 0 N–H and O–H groups in total. The molecule has 70 valence electrons. The maximum absolute atomic E-state index is 2.51. The summed E-state index contributed by atoms with van der Waals surface area (Å²) in [6.45, 7) is 5.14. The second-order valence-corrected chi connectivity index (χ2v) is 5.19. The third-order valence-corrected chi connectivity index (χ3v) is 3.81. The van der Waals surface area contributed by atoms with Gasteiger partial charge in [-0.1, -0.05) is 19.8 Å². The highest BCUT2D eigenvalue weighted by Gasteiger charge is 2.39. The Hall–Kier alpha value is -0.0400. The Morgan fingerprint density at radius 1 is 1.33 bits per heavy atom. The monoisotopic (exact) mass is 167 g/mol. The summed E-state index contributed by atoms with van der Waals surface area (Å²) >= 11 is 0. The molecule has 0 amide bonds.